The van der Waals surface area contributed by atoms with Crippen LogP contribution in [0, 0.1) is 0 Å². The first-order chi connectivity index (χ1) is 8.27. The largest absolute Gasteiger partial charge is 0.432 e. The third kappa shape index (κ3) is 5.19. The molecule has 0 saturated heterocycles. The molecule has 98 valence electrons. The number of methoxy groups -OCH3 is 1. The Labute approximate surface area is 103 Å². The highest BCUT2D eigenvalue weighted by molar-refractivity contribution is 5.24. The smallest absolute Gasteiger partial charge is 0.297 e. The second kappa shape index (κ2) is 8.08. The Bertz CT molecular complexity index is 302. The molecule has 0 saturated carbocycles. The number of aromatic nitrogens is 1. The van der Waals surface area contributed by atoms with E-state index in [9.17, 15) is 0 Å². The fraction of sp³-hybridized carbons (Fsp3) is 0.750. The van der Waals surface area contributed by atoms with Crippen LogP contribution in [0.15, 0.2) is 10.7 Å². The van der Waals surface area contributed by atoms with Gasteiger partial charge in [0, 0.05) is 33.9 Å². The summed E-state index contributed by atoms with van der Waals surface area (Å²) in [6.07, 6.45) is 3.81. The Morgan fingerprint density at radius 3 is 3.06 bits per heavy atom. The molecule has 0 bridgehead atoms. The Morgan fingerprint density at radius 1 is 1.53 bits per heavy atom. The van der Waals surface area contributed by atoms with Crippen molar-refractivity contribution >= 4 is 6.01 Å². The number of oxazole rings is 1. The van der Waals surface area contributed by atoms with Gasteiger partial charge in [0.15, 0.2) is 0 Å². The van der Waals surface area contributed by atoms with E-state index < -0.39 is 0 Å². The predicted molar refractivity (Wildman–Crippen MR) is 68.3 cm³/mol. The normalized spacial score (nSPS) is 10.8. The molecule has 0 radical (unpaired) electrons. The first-order valence-corrected chi connectivity index (χ1v) is 6.13. The molecule has 0 unspecified atom stereocenters. The van der Waals surface area contributed by atoms with E-state index in [4.69, 9.17) is 9.15 Å². The molecule has 0 spiro atoms. The lowest BCUT2D eigenvalue weighted by Gasteiger charge is -2.13. The van der Waals surface area contributed by atoms with Crippen molar-refractivity contribution in [2.45, 2.75) is 26.3 Å². The van der Waals surface area contributed by atoms with E-state index in [-0.39, 0.29) is 0 Å². The van der Waals surface area contributed by atoms with Crippen LogP contribution in [-0.4, -0.2) is 38.8 Å². The first kappa shape index (κ1) is 14.0. The molecular weight excluding hydrogens is 218 g/mol. The molecule has 1 rings (SSSR count). The van der Waals surface area contributed by atoms with Crippen molar-refractivity contribution in [3.63, 3.8) is 0 Å². The van der Waals surface area contributed by atoms with Crippen molar-refractivity contribution < 1.29 is 9.15 Å². The van der Waals surface area contributed by atoms with Gasteiger partial charge in [-0.05, 0) is 19.4 Å². The SMILES string of the molecule is CCCNCc1coc(N(C)CCCOC)n1. The zero-order valence-electron chi connectivity index (χ0n) is 11.0. The Kier molecular flexibility index (Phi) is 6.65. The van der Waals surface area contributed by atoms with Gasteiger partial charge in [0.1, 0.15) is 6.26 Å². The van der Waals surface area contributed by atoms with Crippen molar-refractivity contribution in [2.24, 2.45) is 0 Å². The van der Waals surface area contributed by atoms with Gasteiger partial charge in [-0.25, -0.2) is 0 Å². The number of ether oxygens (including phenoxy) is 1. The molecule has 0 aliphatic heterocycles. The maximum absolute atomic E-state index is 5.42. The number of nitrogens with zero attached hydrogens (tertiary/aromatic N) is 2. The molecule has 1 heterocycles. The highest BCUT2D eigenvalue weighted by Crippen LogP contribution is 2.12. The fourth-order valence-electron chi connectivity index (χ4n) is 1.49. The third-order valence-electron chi connectivity index (χ3n) is 2.44. The van der Waals surface area contributed by atoms with Crippen molar-refractivity contribution in [3.05, 3.63) is 12.0 Å². The van der Waals surface area contributed by atoms with Gasteiger partial charge in [0.25, 0.3) is 6.01 Å². The highest BCUT2D eigenvalue weighted by Gasteiger charge is 2.08. The summed E-state index contributed by atoms with van der Waals surface area (Å²) in [7, 11) is 3.69. The van der Waals surface area contributed by atoms with Crippen LogP contribution in [0.25, 0.3) is 0 Å². The Balaban J connectivity index is 2.33. The summed E-state index contributed by atoms with van der Waals surface area (Å²) in [6, 6.07) is 0.675. The molecule has 0 fully saturated rings. The summed E-state index contributed by atoms with van der Waals surface area (Å²) in [5, 5.41) is 3.29. The molecule has 0 aromatic carbocycles. The predicted octanol–water partition coefficient (Wildman–Crippen LogP) is 1.65. The van der Waals surface area contributed by atoms with Crippen molar-refractivity contribution in [1.29, 1.82) is 0 Å². The molecule has 5 heteroatoms. The number of hydrogen-bond donors (Lipinski definition) is 1. The summed E-state index contributed by atoms with van der Waals surface area (Å²) in [6.45, 7) is 5.56. The minimum absolute atomic E-state index is 0.675. The lowest BCUT2D eigenvalue weighted by atomic mass is 10.4. The molecule has 0 amide bonds. The summed E-state index contributed by atoms with van der Waals surface area (Å²) >= 11 is 0. The Hall–Kier alpha value is -1.07. The molecule has 0 atom stereocenters. The van der Waals surface area contributed by atoms with Crippen LogP contribution in [0.4, 0.5) is 6.01 Å². The first-order valence-electron chi connectivity index (χ1n) is 6.13. The topological polar surface area (TPSA) is 50.5 Å². The minimum atomic E-state index is 0.675. The summed E-state index contributed by atoms with van der Waals surface area (Å²) in [5.41, 5.74) is 0.951. The average Bonchev–Trinajstić information content (AvgIpc) is 2.78. The number of anilines is 1. The second-order valence-electron chi connectivity index (χ2n) is 4.07. The molecular formula is C12H23N3O2. The van der Waals surface area contributed by atoms with Crippen LogP contribution in [0.3, 0.4) is 0 Å². The highest BCUT2D eigenvalue weighted by atomic mass is 16.5. The van der Waals surface area contributed by atoms with Crippen LogP contribution >= 0.6 is 0 Å². The number of nitrogens with one attached hydrogen (secondary N) is 1. The molecule has 0 aliphatic carbocycles. The van der Waals surface area contributed by atoms with Gasteiger partial charge in [0.05, 0.1) is 5.69 Å². The van der Waals surface area contributed by atoms with E-state index in [1.807, 2.05) is 11.9 Å². The van der Waals surface area contributed by atoms with Crippen molar-refractivity contribution in [2.75, 3.05) is 38.8 Å². The molecule has 1 N–H and O–H groups in total. The monoisotopic (exact) mass is 241 g/mol. The number of rotatable bonds is 9. The Morgan fingerprint density at radius 2 is 2.35 bits per heavy atom. The molecule has 0 aliphatic rings. The standard InChI is InChI=1S/C12H23N3O2/c1-4-6-13-9-11-10-17-12(14-11)15(2)7-5-8-16-3/h10,13H,4-9H2,1-3H3. The third-order valence-corrected chi connectivity index (χ3v) is 2.44. The van der Waals surface area contributed by atoms with E-state index in [1.165, 1.54) is 0 Å². The van der Waals surface area contributed by atoms with Crippen LogP contribution in [0.1, 0.15) is 25.5 Å². The molecule has 1 aromatic heterocycles. The minimum Gasteiger partial charge on any atom is -0.432 e. The average molecular weight is 241 g/mol. The van der Waals surface area contributed by atoms with Gasteiger partial charge in [-0.3, -0.25) is 0 Å². The lowest BCUT2D eigenvalue weighted by Crippen LogP contribution is -2.20. The van der Waals surface area contributed by atoms with Crippen molar-refractivity contribution in [1.82, 2.24) is 10.3 Å². The molecule has 1 aromatic rings. The summed E-state index contributed by atoms with van der Waals surface area (Å²) < 4.78 is 10.4. The second-order valence-corrected chi connectivity index (χ2v) is 4.07. The molecule has 17 heavy (non-hydrogen) atoms. The van der Waals surface area contributed by atoms with Gasteiger partial charge < -0.3 is 19.4 Å². The van der Waals surface area contributed by atoms with Crippen LogP contribution in [-0.2, 0) is 11.3 Å². The van der Waals surface area contributed by atoms with Crippen LogP contribution in [0.5, 0.6) is 0 Å². The maximum atomic E-state index is 5.42. The van der Waals surface area contributed by atoms with Gasteiger partial charge >= 0.3 is 0 Å². The van der Waals surface area contributed by atoms with Gasteiger partial charge in [-0.15, -0.1) is 0 Å². The summed E-state index contributed by atoms with van der Waals surface area (Å²) in [4.78, 5) is 6.42. The zero-order chi connectivity index (χ0) is 12.5. The van der Waals surface area contributed by atoms with Gasteiger partial charge in [0.2, 0.25) is 0 Å². The maximum Gasteiger partial charge on any atom is 0.297 e. The van der Waals surface area contributed by atoms with Crippen LogP contribution < -0.4 is 10.2 Å². The van der Waals surface area contributed by atoms with E-state index in [2.05, 4.69) is 17.2 Å². The number of hydrogen-bond acceptors (Lipinski definition) is 5. The zero-order valence-corrected chi connectivity index (χ0v) is 11.0. The lowest BCUT2D eigenvalue weighted by molar-refractivity contribution is 0.196. The van der Waals surface area contributed by atoms with E-state index in [0.717, 1.165) is 44.8 Å². The van der Waals surface area contributed by atoms with Crippen molar-refractivity contribution in [3.8, 4) is 0 Å². The van der Waals surface area contributed by atoms with Crippen LogP contribution in [0.2, 0.25) is 0 Å². The quantitative estimate of drug-likeness (QED) is 0.666. The van der Waals surface area contributed by atoms with E-state index in [1.54, 1.807) is 13.4 Å². The van der Waals surface area contributed by atoms with Gasteiger partial charge in [-0.2, -0.15) is 4.98 Å². The van der Waals surface area contributed by atoms with Gasteiger partial charge in [-0.1, -0.05) is 6.92 Å². The van der Waals surface area contributed by atoms with E-state index >= 15 is 0 Å². The molecule has 5 nitrogen and oxygen atoms in total. The fourth-order valence-corrected chi connectivity index (χ4v) is 1.49. The summed E-state index contributed by atoms with van der Waals surface area (Å²) in [5.74, 6) is 0. The van der Waals surface area contributed by atoms with E-state index in [0.29, 0.717) is 6.01 Å².